The van der Waals surface area contributed by atoms with Crippen molar-refractivity contribution >= 4 is 53.1 Å². The van der Waals surface area contributed by atoms with Gasteiger partial charge in [-0.05, 0) is 48.3 Å². The number of carbonyl (C=O) groups is 2. The molecule has 0 aliphatic carbocycles. The number of benzene rings is 1. The molecule has 0 radical (unpaired) electrons. The van der Waals surface area contributed by atoms with E-state index in [9.17, 15) is 9.59 Å². The molecule has 1 unspecified atom stereocenters. The number of carbonyl (C=O) groups excluding carboxylic acids is 2. The van der Waals surface area contributed by atoms with Crippen molar-refractivity contribution < 1.29 is 9.59 Å². The van der Waals surface area contributed by atoms with Crippen molar-refractivity contribution in [3.05, 3.63) is 55.2 Å². The molecule has 9 heteroatoms. The van der Waals surface area contributed by atoms with E-state index in [-0.39, 0.29) is 23.2 Å². The molecular formula is C18H16BCl2N3O2S. The van der Waals surface area contributed by atoms with E-state index in [1.54, 1.807) is 25.1 Å². The zero-order valence-electron chi connectivity index (χ0n) is 14.5. The number of nitriles is 1. The summed E-state index contributed by atoms with van der Waals surface area (Å²) in [6, 6.07) is 5.21. The lowest BCUT2D eigenvalue weighted by molar-refractivity contribution is 0.0893. The molecule has 27 heavy (non-hydrogen) atoms. The van der Waals surface area contributed by atoms with Gasteiger partial charge in [-0.2, -0.15) is 0 Å². The number of rotatable bonds is 4. The summed E-state index contributed by atoms with van der Waals surface area (Å²) in [7, 11) is 0. The van der Waals surface area contributed by atoms with E-state index in [0.29, 0.717) is 29.0 Å². The van der Waals surface area contributed by atoms with Gasteiger partial charge in [-0.3, -0.25) is 9.59 Å². The van der Waals surface area contributed by atoms with Crippen LogP contribution < -0.4 is 10.6 Å². The summed E-state index contributed by atoms with van der Waals surface area (Å²) < 4.78 is 0. The van der Waals surface area contributed by atoms with Crippen molar-refractivity contribution in [1.29, 1.82) is 5.26 Å². The number of nitrogens with one attached hydrogen (secondary N) is 2. The van der Waals surface area contributed by atoms with Gasteiger partial charge >= 0.3 is 0 Å². The quantitative estimate of drug-likeness (QED) is 0.584. The summed E-state index contributed by atoms with van der Waals surface area (Å²) in [5, 5.41) is 16.9. The molecule has 1 atom stereocenters. The molecule has 1 aromatic carbocycles. The Kier molecular flexibility index (Phi) is 6.10. The second kappa shape index (κ2) is 8.34. The van der Waals surface area contributed by atoms with Crippen molar-refractivity contribution in [2.24, 2.45) is 0 Å². The molecule has 3 rings (SSSR count). The lowest BCUT2D eigenvalue weighted by Gasteiger charge is -2.22. The second-order valence-electron chi connectivity index (χ2n) is 6.40. The fraction of sp³-hybridized carbons (Fsp3) is 0.278. The third-order valence-corrected chi connectivity index (χ3v) is 6.05. The van der Waals surface area contributed by atoms with Gasteiger partial charge in [0.05, 0.1) is 26.7 Å². The number of halogens is 2. The van der Waals surface area contributed by atoms with E-state index in [4.69, 9.17) is 28.5 Å². The summed E-state index contributed by atoms with van der Waals surface area (Å²) in [5.74, 6) is 1.56. The van der Waals surface area contributed by atoms with E-state index in [0.717, 1.165) is 11.1 Å². The first-order valence-corrected chi connectivity index (χ1v) is 10.1. The number of fused-ring (bicyclic) bond motifs is 1. The minimum atomic E-state index is -0.599. The molecule has 0 fully saturated rings. The normalized spacial score (nSPS) is 14.1. The molecule has 0 saturated heterocycles. The SMILES string of the molecule is CC(NC(=O)c1cccs1)NC(=O)c1c(Cl)cc2c(c1Cl)CCB(C#N)C2. The highest BCUT2D eigenvalue weighted by Crippen LogP contribution is 2.35. The van der Waals surface area contributed by atoms with Crippen molar-refractivity contribution in [2.45, 2.75) is 32.2 Å². The number of thiophene rings is 1. The van der Waals surface area contributed by atoms with Gasteiger partial charge in [0.2, 0.25) is 0 Å². The zero-order valence-corrected chi connectivity index (χ0v) is 16.8. The predicted octanol–water partition coefficient (Wildman–Crippen LogP) is 3.76. The van der Waals surface area contributed by atoms with Gasteiger partial charge in [0.1, 0.15) is 0 Å². The Morgan fingerprint density at radius 2 is 2.07 bits per heavy atom. The van der Waals surface area contributed by atoms with Crippen LogP contribution in [0, 0.1) is 11.2 Å². The average molecular weight is 420 g/mol. The Labute approximate surface area is 171 Å². The van der Waals surface area contributed by atoms with E-state index in [2.05, 4.69) is 16.6 Å². The van der Waals surface area contributed by atoms with Crippen LogP contribution in [0.1, 0.15) is 38.1 Å². The van der Waals surface area contributed by atoms with Gasteiger partial charge in [0.15, 0.2) is 0 Å². The molecule has 2 heterocycles. The number of hydrogen-bond donors (Lipinski definition) is 2. The van der Waals surface area contributed by atoms with Crippen LogP contribution in [-0.4, -0.2) is 24.7 Å². The fourth-order valence-corrected chi connectivity index (χ4v) is 4.54. The molecule has 1 aromatic heterocycles. The predicted molar refractivity (Wildman–Crippen MR) is 109 cm³/mol. The van der Waals surface area contributed by atoms with E-state index in [1.807, 2.05) is 5.38 Å². The van der Waals surface area contributed by atoms with Crippen molar-refractivity contribution in [3.8, 4) is 5.97 Å². The molecular weight excluding hydrogens is 404 g/mol. The molecule has 0 bridgehead atoms. The smallest absolute Gasteiger partial charge is 0.272 e. The van der Waals surface area contributed by atoms with Crippen molar-refractivity contribution in [1.82, 2.24) is 10.6 Å². The maximum Gasteiger partial charge on any atom is 0.272 e. The van der Waals surface area contributed by atoms with Crippen LogP contribution in [0.15, 0.2) is 23.6 Å². The van der Waals surface area contributed by atoms with Crippen LogP contribution >= 0.6 is 34.5 Å². The molecule has 2 aromatic rings. The maximum atomic E-state index is 12.7. The van der Waals surface area contributed by atoms with Gasteiger partial charge in [-0.1, -0.05) is 35.6 Å². The van der Waals surface area contributed by atoms with E-state index < -0.39 is 12.1 Å². The molecule has 0 spiro atoms. The summed E-state index contributed by atoms with van der Waals surface area (Å²) in [6.07, 6.45) is 1.33. The Morgan fingerprint density at radius 1 is 1.33 bits per heavy atom. The number of amides is 2. The van der Waals surface area contributed by atoms with E-state index in [1.165, 1.54) is 11.3 Å². The minimum absolute atomic E-state index is 0.0585. The first kappa shape index (κ1) is 19.7. The van der Waals surface area contributed by atoms with Crippen molar-refractivity contribution in [3.63, 3.8) is 0 Å². The summed E-state index contributed by atoms with van der Waals surface area (Å²) in [5.41, 5.74) is 1.98. The van der Waals surface area contributed by atoms with Crippen LogP contribution in [0.5, 0.6) is 0 Å². The molecule has 1 aliphatic rings. The third-order valence-electron chi connectivity index (χ3n) is 4.47. The monoisotopic (exact) mass is 419 g/mol. The van der Waals surface area contributed by atoms with Crippen LogP contribution in [0.3, 0.4) is 0 Å². The lowest BCUT2D eigenvalue weighted by Crippen LogP contribution is -2.46. The molecule has 5 nitrogen and oxygen atoms in total. The number of hydrogen-bond acceptors (Lipinski definition) is 4. The van der Waals surface area contributed by atoms with Gasteiger partial charge in [0, 0.05) is 5.97 Å². The summed E-state index contributed by atoms with van der Waals surface area (Å²) in [4.78, 5) is 25.3. The summed E-state index contributed by atoms with van der Waals surface area (Å²) >= 11 is 14.1. The van der Waals surface area contributed by atoms with Gasteiger partial charge < -0.3 is 10.6 Å². The maximum absolute atomic E-state index is 12.7. The highest BCUT2D eigenvalue weighted by atomic mass is 35.5. The largest absolute Gasteiger partial charge is 0.332 e. The Bertz CT molecular complexity index is 928. The average Bonchev–Trinajstić information content (AvgIpc) is 3.15. The Morgan fingerprint density at radius 3 is 2.74 bits per heavy atom. The van der Waals surface area contributed by atoms with Gasteiger partial charge in [-0.15, -0.1) is 11.3 Å². The first-order chi connectivity index (χ1) is 12.9. The highest BCUT2D eigenvalue weighted by molar-refractivity contribution is 7.12. The van der Waals surface area contributed by atoms with Gasteiger partial charge in [-0.25, -0.2) is 5.26 Å². The molecule has 2 amide bonds. The van der Waals surface area contributed by atoms with Crippen LogP contribution in [-0.2, 0) is 12.7 Å². The topological polar surface area (TPSA) is 82.0 Å². The molecule has 138 valence electrons. The summed E-state index contributed by atoms with van der Waals surface area (Å²) in [6.45, 7) is 1.61. The Balaban J connectivity index is 1.75. The molecule has 2 N–H and O–H groups in total. The first-order valence-electron chi connectivity index (χ1n) is 8.45. The number of nitrogens with zero attached hydrogens (tertiary/aromatic N) is 1. The highest BCUT2D eigenvalue weighted by Gasteiger charge is 2.28. The van der Waals surface area contributed by atoms with Gasteiger partial charge in [0.25, 0.3) is 18.5 Å². The second-order valence-corrected chi connectivity index (χ2v) is 8.13. The lowest BCUT2D eigenvalue weighted by atomic mass is 9.42. The van der Waals surface area contributed by atoms with Crippen LogP contribution in [0.4, 0.5) is 0 Å². The molecule has 1 aliphatic heterocycles. The van der Waals surface area contributed by atoms with Crippen LogP contribution in [0.2, 0.25) is 16.4 Å². The third kappa shape index (κ3) is 4.29. The van der Waals surface area contributed by atoms with Crippen LogP contribution in [0.25, 0.3) is 0 Å². The standard InChI is InChI=1S/C18H16BCl2N3O2S/c1-10(23-17(25)14-3-2-6-27-14)24-18(26)15-13(20)7-11-8-19(9-22)5-4-12(11)16(15)21/h2-3,6-7,10H,4-5,8H2,1H3,(H,23,25)(H,24,26). The van der Waals surface area contributed by atoms with E-state index >= 15 is 0 Å². The zero-order chi connectivity index (χ0) is 19.6. The fourth-order valence-electron chi connectivity index (χ4n) is 3.15. The Hall–Kier alpha value is -2.01. The minimum Gasteiger partial charge on any atom is -0.332 e. The van der Waals surface area contributed by atoms with Crippen molar-refractivity contribution in [2.75, 3.05) is 0 Å². The molecule has 0 saturated carbocycles.